The lowest BCUT2D eigenvalue weighted by atomic mass is 9.99. The summed E-state index contributed by atoms with van der Waals surface area (Å²) in [4.78, 5) is 0. The number of halogens is 1. The lowest BCUT2D eigenvalue weighted by Gasteiger charge is -2.13. The molecular formula is C14H19ClO. The van der Waals surface area contributed by atoms with Crippen LogP contribution in [0, 0.1) is 12.8 Å². The molecule has 88 valence electrons. The van der Waals surface area contributed by atoms with Gasteiger partial charge in [0, 0.05) is 5.02 Å². The summed E-state index contributed by atoms with van der Waals surface area (Å²) in [5.74, 6) is 1.43. The van der Waals surface area contributed by atoms with Crippen molar-refractivity contribution in [3.8, 4) is 5.75 Å². The summed E-state index contributed by atoms with van der Waals surface area (Å²) in [6, 6.07) is 4.01. The molecule has 0 heterocycles. The fourth-order valence-electron chi connectivity index (χ4n) is 1.79. The van der Waals surface area contributed by atoms with Gasteiger partial charge in [-0.25, -0.2) is 0 Å². The molecule has 0 saturated heterocycles. The van der Waals surface area contributed by atoms with Crippen LogP contribution in [0.25, 0.3) is 0 Å². The maximum Gasteiger partial charge on any atom is 0.122 e. The zero-order valence-electron chi connectivity index (χ0n) is 10.4. The Hall–Kier alpha value is -0.950. The van der Waals surface area contributed by atoms with Crippen LogP contribution in [-0.2, 0) is 6.42 Å². The van der Waals surface area contributed by atoms with Crippen LogP contribution in [0.15, 0.2) is 24.3 Å². The second-order valence-electron chi connectivity index (χ2n) is 4.12. The molecule has 1 atom stereocenters. The van der Waals surface area contributed by atoms with E-state index in [2.05, 4.69) is 19.1 Å². The third-order valence-electron chi connectivity index (χ3n) is 2.62. The highest BCUT2D eigenvalue weighted by atomic mass is 35.5. The van der Waals surface area contributed by atoms with Gasteiger partial charge in [0.15, 0.2) is 0 Å². The molecular weight excluding hydrogens is 220 g/mol. The molecule has 0 saturated carbocycles. The molecule has 0 N–H and O–H groups in total. The average Bonchev–Trinajstić information content (AvgIpc) is 2.23. The lowest BCUT2D eigenvalue weighted by molar-refractivity contribution is 0.407. The largest absolute Gasteiger partial charge is 0.496 e. The molecule has 0 fully saturated rings. The van der Waals surface area contributed by atoms with Crippen molar-refractivity contribution in [2.45, 2.75) is 27.2 Å². The van der Waals surface area contributed by atoms with Gasteiger partial charge in [0.2, 0.25) is 0 Å². The SMILES string of the molecule is C/C=C\C(C)Cc1cc(Cl)c(C)cc1OC. The topological polar surface area (TPSA) is 9.23 Å². The Morgan fingerprint density at radius 3 is 2.69 bits per heavy atom. The van der Waals surface area contributed by atoms with Gasteiger partial charge >= 0.3 is 0 Å². The van der Waals surface area contributed by atoms with E-state index >= 15 is 0 Å². The summed E-state index contributed by atoms with van der Waals surface area (Å²) in [5, 5.41) is 0.809. The van der Waals surface area contributed by atoms with E-state index in [0.717, 1.165) is 22.8 Å². The molecule has 16 heavy (non-hydrogen) atoms. The summed E-state index contributed by atoms with van der Waals surface area (Å²) >= 11 is 6.13. The number of rotatable bonds is 4. The van der Waals surface area contributed by atoms with E-state index in [1.54, 1.807) is 7.11 Å². The third kappa shape index (κ3) is 3.28. The van der Waals surface area contributed by atoms with Gasteiger partial charge in [0.1, 0.15) is 5.75 Å². The summed E-state index contributed by atoms with van der Waals surface area (Å²) in [6.45, 7) is 6.22. The minimum absolute atomic E-state index is 0.498. The van der Waals surface area contributed by atoms with Crippen molar-refractivity contribution < 1.29 is 4.74 Å². The molecule has 1 unspecified atom stereocenters. The van der Waals surface area contributed by atoms with Crippen molar-refractivity contribution in [2.75, 3.05) is 7.11 Å². The predicted octanol–water partition coefficient (Wildman–Crippen LogP) is 4.41. The minimum Gasteiger partial charge on any atom is -0.496 e. The van der Waals surface area contributed by atoms with E-state index in [4.69, 9.17) is 16.3 Å². The maximum absolute atomic E-state index is 6.13. The number of hydrogen-bond donors (Lipinski definition) is 0. The highest BCUT2D eigenvalue weighted by Gasteiger charge is 2.09. The van der Waals surface area contributed by atoms with Crippen molar-refractivity contribution in [1.29, 1.82) is 0 Å². The number of methoxy groups -OCH3 is 1. The molecule has 1 rings (SSSR count). The van der Waals surface area contributed by atoms with Crippen LogP contribution in [-0.4, -0.2) is 7.11 Å². The first-order valence-electron chi connectivity index (χ1n) is 5.54. The molecule has 2 heteroatoms. The normalized spacial score (nSPS) is 13.1. The van der Waals surface area contributed by atoms with E-state index in [1.807, 2.05) is 26.0 Å². The molecule has 0 aliphatic heterocycles. The Morgan fingerprint density at radius 2 is 2.12 bits per heavy atom. The first-order chi connectivity index (χ1) is 7.58. The Labute approximate surface area is 103 Å². The average molecular weight is 239 g/mol. The van der Waals surface area contributed by atoms with Crippen molar-refractivity contribution >= 4 is 11.6 Å². The molecule has 0 amide bonds. The molecule has 0 bridgehead atoms. The van der Waals surface area contributed by atoms with Crippen LogP contribution in [0.5, 0.6) is 5.75 Å². The Kier molecular flexibility index (Phi) is 4.88. The molecule has 0 spiro atoms. The Morgan fingerprint density at radius 1 is 1.44 bits per heavy atom. The van der Waals surface area contributed by atoms with Gasteiger partial charge in [-0.05, 0) is 49.4 Å². The van der Waals surface area contributed by atoms with Crippen LogP contribution in [0.3, 0.4) is 0 Å². The van der Waals surface area contributed by atoms with Crippen LogP contribution >= 0.6 is 11.6 Å². The first kappa shape index (κ1) is 13.1. The zero-order chi connectivity index (χ0) is 12.1. The van der Waals surface area contributed by atoms with Crippen molar-refractivity contribution in [2.24, 2.45) is 5.92 Å². The summed E-state index contributed by atoms with van der Waals surface area (Å²) in [7, 11) is 1.70. The van der Waals surface area contributed by atoms with E-state index in [-0.39, 0.29) is 0 Å². The quantitative estimate of drug-likeness (QED) is 0.706. The molecule has 0 aromatic heterocycles. The third-order valence-corrected chi connectivity index (χ3v) is 3.03. The lowest BCUT2D eigenvalue weighted by Crippen LogP contribution is -2.00. The van der Waals surface area contributed by atoms with Crippen molar-refractivity contribution in [1.82, 2.24) is 0 Å². The highest BCUT2D eigenvalue weighted by Crippen LogP contribution is 2.28. The van der Waals surface area contributed by atoms with Gasteiger partial charge in [-0.15, -0.1) is 0 Å². The number of benzene rings is 1. The van der Waals surface area contributed by atoms with Crippen LogP contribution in [0.2, 0.25) is 5.02 Å². The van der Waals surface area contributed by atoms with Crippen LogP contribution < -0.4 is 4.74 Å². The fraction of sp³-hybridized carbons (Fsp3) is 0.429. The van der Waals surface area contributed by atoms with Crippen LogP contribution in [0.1, 0.15) is 25.0 Å². The van der Waals surface area contributed by atoms with Gasteiger partial charge in [-0.1, -0.05) is 30.7 Å². The predicted molar refractivity (Wildman–Crippen MR) is 70.4 cm³/mol. The summed E-state index contributed by atoms with van der Waals surface area (Å²) in [6.07, 6.45) is 5.22. The summed E-state index contributed by atoms with van der Waals surface area (Å²) in [5.41, 5.74) is 2.23. The van der Waals surface area contributed by atoms with E-state index in [1.165, 1.54) is 5.56 Å². The van der Waals surface area contributed by atoms with Gasteiger partial charge < -0.3 is 4.74 Å². The number of allylic oxidation sites excluding steroid dienone is 2. The highest BCUT2D eigenvalue weighted by molar-refractivity contribution is 6.31. The van der Waals surface area contributed by atoms with E-state index < -0.39 is 0 Å². The molecule has 0 radical (unpaired) electrons. The monoisotopic (exact) mass is 238 g/mol. The smallest absolute Gasteiger partial charge is 0.122 e. The first-order valence-corrected chi connectivity index (χ1v) is 5.92. The van der Waals surface area contributed by atoms with Gasteiger partial charge in [0.25, 0.3) is 0 Å². The molecule has 1 aromatic rings. The van der Waals surface area contributed by atoms with Gasteiger partial charge in [0.05, 0.1) is 7.11 Å². The number of hydrogen-bond acceptors (Lipinski definition) is 1. The molecule has 0 aliphatic rings. The molecule has 1 aromatic carbocycles. The van der Waals surface area contributed by atoms with E-state index in [0.29, 0.717) is 5.92 Å². The second kappa shape index (κ2) is 5.95. The molecule has 1 nitrogen and oxygen atoms in total. The second-order valence-corrected chi connectivity index (χ2v) is 4.53. The van der Waals surface area contributed by atoms with Crippen molar-refractivity contribution in [3.63, 3.8) is 0 Å². The standard InChI is InChI=1S/C14H19ClO/c1-5-6-10(2)7-12-9-13(15)11(3)8-14(12)16-4/h5-6,8-10H,7H2,1-4H3/b6-5-. The number of ether oxygens (including phenoxy) is 1. The minimum atomic E-state index is 0.498. The zero-order valence-corrected chi connectivity index (χ0v) is 11.1. The Balaban J connectivity index is 2.98. The number of aryl methyl sites for hydroxylation is 1. The fourth-order valence-corrected chi connectivity index (χ4v) is 1.98. The summed E-state index contributed by atoms with van der Waals surface area (Å²) < 4.78 is 5.38. The Bertz CT molecular complexity index is 383. The maximum atomic E-state index is 6.13. The van der Waals surface area contributed by atoms with Gasteiger partial charge in [-0.2, -0.15) is 0 Å². The van der Waals surface area contributed by atoms with E-state index in [9.17, 15) is 0 Å². The van der Waals surface area contributed by atoms with Crippen molar-refractivity contribution in [3.05, 3.63) is 40.4 Å². The van der Waals surface area contributed by atoms with Crippen LogP contribution in [0.4, 0.5) is 0 Å². The molecule has 0 aliphatic carbocycles. The van der Waals surface area contributed by atoms with Gasteiger partial charge in [-0.3, -0.25) is 0 Å².